The normalized spacial score (nSPS) is 15.6. The fraction of sp³-hybridized carbons (Fsp3) is 0.242. The van der Waals surface area contributed by atoms with Gasteiger partial charge in [0.2, 0.25) is 0 Å². The zero-order valence-corrected chi connectivity index (χ0v) is 21.5. The second-order valence-corrected chi connectivity index (χ2v) is 8.92. The summed E-state index contributed by atoms with van der Waals surface area (Å²) in [6, 6.07) is 43.1. The van der Waals surface area contributed by atoms with E-state index in [2.05, 4.69) is 137 Å². The fourth-order valence-corrected chi connectivity index (χ4v) is 4.91. The van der Waals surface area contributed by atoms with Crippen molar-refractivity contribution < 1.29 is 4.58 Å². The molecule has 2 aliphatic rings. The molecule has 0 saturated carbocycles. The van der Waals surface area contributed by atoms with Crippen LogP contribution < -0.4 is 10.6 Å². The largest absolute Gasteiger partial charge is 0.346 e. The Balaban J connectivity index is 0.000000175. The molecule has 3 nitrogen and oxygen atoms in total. The molecule has 184 valence electrons. The number of nitrogens with zero attached hydrogens (tertiary/aromatic N) is 1. The number of guanidine groups is 1. The molecule has 2 N–H and O–H groups in total. The molecule has 0 fully saturated rings. The zero-order chi connectivity index (χ0) is 25.0. The third-order valence-corrected chi connectivity index (χ3v) is 6.54. The second-order valence-electron chi connectivity index (χ2n) is 8.92. The number of hydrogen-bond acceptors (Lipinski definition) is 2. The average molecular weight is 477 g/mol. The van der Waals surface area contributed by atoms with Gasteiger partial charge in [-0.15, -0.1) is 0 Å². The van der Waals surface area contributed by atoms with Crippen LogP contribution in [0.3, 0.4) is 0 Å². The summed E-state index contributed by atoms with van der Waals surface area (Å²) in [4.78, 5) is 0. The van der Waals surface area contributed by atoms with E-state index in [9.17, 15) is 0 Å². The molecule has 0 spiro atoms. The van der Waals surface area contributed by atoms with Crippen molar-refractivity contribution in [3.05, 3.63) is 144 Å². The van der Waals surface area contributed by atoms with E-state index in [1.165, 1.54) is 28.2 Å². The van der Waals surface area contributed by atoms with E-state index < -0.39 is 0 Å². The predicted octanol–water partition coefficient (Wildman–Crippen LogP) is 6.07. The van der Waals surface area contributed by atoms with Crippen LogP contribution in [0.15, 0.2) is 121 Å². The molecule has 1 unspecified atom stereocenters. The van der Waals surface area contributed by atoms with E-state index in [0.717, 1.165) is 26.1 Å². The van der Waals surface area contributed by atoms with Crippen molar-refractivity contribution in [3.8, 4) is 0 Å². The van der Waals surface area contributed by atoms with Gasteiger partial charge >= 0.3 is 5.96 Å². The van der Waals surface area contributed by atoms with E-state index >= 15 is 0 Å². The summed E-state index contributed by atoms with van der Waals surface area (Å²) in [6.45, 7) is 7.22. The maximum Gasteiger partial charge on any atom is 0.346 e. The Morgan fingerprint density at radius 2 is 1.11 bits per heavy atom. The molecular weight excluding hydrogens is 438 g/mol. The topological polar surface area (TPSA) is 27.1 Å². The maximum atomic E-state index is 3.68. The third-order valence-electron chi connectivity index (χ3n) is 6.54. The minimum Gasteiger partial charge on any atom is -0.275 e. The van der Waals surface area contributed by atoms with E-state index in [1.54, 1.807) is 0 Å². The molecule has 0 bridgehead atoms. The fourth-order valence-electron chi connectivity index (χ4n) is 4.91. The molecule has 0 radical (unpaired) electrons. The first-order chi connectivity index (χ1) is 17.9. The number of nitrogens with one attached hydrogen (secondary N) is 2. The van der Waals surface area contributed by atoms with Crippen LogP contribution in [0.4, 0.5) is 0 Å². The number of rotatable bonds is 5. The first-order valence-electron chi connectivity index (χ1n) is 13.2. The summed E-state index contributed by atoms with van der Waals surface area (Å²) in [5, 5.41) is 7.12. The summed E-state index contributed by atoms with van der Waals surface area (Å²) >= 11 is 0. The summed E-state index contributed by atoms with van der Waals surface area (Å²) < 4.78 is 2.42. The highest BCUT2D eigenvalue weighted by molar-refractivity contribution is 5.77. The van der Waals surface area contributed by atoms with Crippen molar-refractivity contribution in [3.63, 3.8) is 0 Å². The van der Waals surface area contributed by atoms with Crippen molar-refractivity contribution >= 4 is 5.96 Å². The van der Waals surface area contributed by atoms with Gasteiger partial charge in [0.05, 0.1) is 13.1 Å². The first kappa shape index (κ1) is 25.2. The Morgan fingerprint density at radius 1 is 0.667 bits per heavy atom. The van der Waals surface area contributed by atoms with Gasteiger partial charge in [0.15, 0.2) is 0 Å². The zero-order valence-electron chi connectivity index (χ0n) is 21.5. The average Bonchev–Trinajstić information content (AvgIpc) is 3.56. The molecule has 3 heteroatoms. The Morgan fingerprint density at radius 3 is 1.56 bits per heavy atom. The van der Waals surface area contributed by atoms with Crippen LogP contribution in [0, 0.1) is 0 Å². The van der Waals surface area contributed by atoms with Crippen LogP contribution in [-0.4, -0.2) is 36.2 Å². The van der Waals surface area contributed by atoms with E-state index in [4.69, 9.17) is 0 Å². The van der Waals surface area contributed by atoms with Crippen LogP contribution in [0.1, 0.15) is 42.0 Å². The summed E-state index contributed by atoms with van der Waals surface area (Å²) in [7, 11) is 0. The molecule has 2 heterocycles. The molecule has 1 atom stereocenters. The van der Waals surface area contributed by atoms with Crippen molar-refractivity contribution in [2.45, 2.75) is 32.2 Å². The quantitative estimate of drug-likeness (QED) is 0.342. The lowest BCUT2D eigenvalue weighted by atomic mass is 9.85. The van der Waals surface area contributed by atoms with Crippen molar-refractivity contribution in [1.82, 2.24) is 10.6 Å². The summed E-state index contributed by atoms with van der Waals surface area (Å²) in [6.07, 6.45) is 1.03. The van der Waals surface area contributed by atoms with E-state index in [1.807, 2.05) is 13.8 Å². The van der Waals surface area contributed by atoms with Crippen molar-refractivity contribution in [2.24, 2.45) is 0 Å². The number of hydrogen-bond donors (Lipinski definition) is 2. The standard InChI is InChI=1S/C18H19N3.C13H12.C2H6/c1-3-7-14(8-4-1)17(15-9-5-2-6-10-15)16-13-21-12-11-19-18(21)20-16;1-3-7-12(8-4-1)11-13-9-5-2-6-10-13;1-2/h1-10,16-17H,11-13H2,(H,19,20);1-10H,11H2;1-2H3/p+1. The van der Waals surface area contributed by atoms with Crippen LogP contribution in [0.25, 0.3) is 0 Å². The van der Waals surface area contributed by atoms with Gasteiger partial charge < -0.3 is 0 Å². The molecule has 4 aromatic rings. The van der Waals surface area contributed by atoms with Gasteiger partial charge in [-0.25, -0.2) is 0 Å². The Kier molecular flexibility index (Phi) is 9.32. The lowest BCUT2D eigenvalue weighted by Crippen LogP contribution is -2.41. The molecule has 36 heavy (non-hydrogen) atoms. The maximum absolute atomic E-state index is 3.68. The molecule has 0 aromatic heterocycles. The monoisotopic (exact) mass is 476 g/mol. The van der Waals surface area contributed by atoms with Gasteiger partial charge in [-0.1, -0.05) is 135 Å². The third kappa shape index (κ3) is 6.63. The van der Waals surface area contributed by atoms with Gasteiger partial charge in [-0.3, -0.25) is 15.2 Å². The second kappa shape index (κ2) is 13.3. The smallest absolute Gasteiger partial charge is 0.275 e. The molecule has 0 saturated heterocycles. The Bertz CT molecular complexity index is 1100. The van der Waals surface area contributed by atoms with Gasteiger partial charge in [-0.05, 0) is 28.7 Å². The van der Waals surface area contributed by atoms with E-state index in [0.29, 0.717) is 12.0 Å². The van der Waals surface area contributed by atoms with Crippen LogP contribution in [-0.2, 0) is 6.42 Å². The van der Waals surface area contributed by atoms with Crippen LogP contribution in [0.5, 0.6) is 0 Å². The predicted molar refractivity (Wildman–Crippen MR) is 152 cm³/mol. The van der Waals surface area contributed by atoms with E-state index in [-0.39, 0.29) is 0 Å². The summed E-state index contributed by atoms with van der Waals surface area (Å²) in [5.41, 5.74) is 5.49. The van der Waals surface area contributed by atoms with Crippen molar-refractivity contribution in [2.75, 3.05) is 19.6 Å². The lowest BCUT2D eigenvalue weighted by molar-refractivity contribution is -0.511. The SMILES string of the molecule is CC.c1ccc(C(c2ccccc2)C2C[N+]3=C(NCC3)N2)cc1.c1ccc(Cc2ccccc2)cc1. The molecule has 2 aliphatic heterocycles. The Labute approximate surface area is 216 Å². The molecule has 0 aliphatic carbocycles. The highest BCUT2D eigenvalue weighted by Crippen LogP contribution is 2.29. The Hall–Kier alpha value is -3.85. The van der Waals surface area contributed by atoms with Gasteiger partial charge in [0.25, 0.3) is 0 Å². The molecule has 6 rings (SSSR count). The van der Waals surface area contributed by atoms with Crippen LogP contribution in [0.2, 0.25) is 0 Å². The molecule has 0 amide bonds. The highest BCUT2D eigenvalue weighted by Gasteiger charge is 2.38. The minimum absolute atomic E-state index is 0.382. The minimum atomic E-state index is 0.382. The summed E-state index contributed by atoms with van der Waals surface area (Å²) in [5.74, 6) is 1.59. The highest BCUT2D eigenvalue weighted by atomic mass is 15.4. The first-order valence-corrected chi connectivity index (χ1v) is 13.2. The van der Waals surface area contributed by atoms with Crippen molar-refractivity contribution in [1.29, 1.82) is 0 Å². The van der Waals surface area contributed by atoms with Gasteiger partial charge in [0.1, 0.15) is 12.6 Å². The van der Waals surface area contributed by atoms with Gasteiger partial charge in [0, 0.05) is 5.92 Å². The lowest BCUT2D eigenvalue weighted by Gasteiger charge is -2.23. The molecule has 4 aromatic carbocycles. The number of benzene rings is 4. The van der Waals surface area contributed by atoms with Gasteiger partial charge in [-0.2, -0.15) is 0 Å². The van der Waals surface area contributed by atoms with Crippen LogP contribution >= 0.6 is 0 Å². The molecular formula is C33H38N3+.